The van der Waals surface area contributed by atoms with Crippen molar-refractivity contribution >= 4 is 87.5 Å². The summed E-state index contributed by atoms with van der Waals surface area (Å²) in [6.45, 7) is 18.0. The van der Waals surface area contributed by atoms with Crippen molar-refractivity contribution in [2.75, 3.05) is 79.8 Å². The van der Waals surface area contributed by atoms with Crippen LogP contribution in [0.4, 0.5) is 51.7 Å². The Labute approximate surface area is 516 Å². The number of aryl methyl sites for hydroxylation is 2. The van der Waals surface area contributed by atoms with Crippen LogP contribution in [0, 0.1) is 35.2 Å². The number of carbonyl (C=O) groups is 4. The molecule has 3 fully saturated rings. The second-order valence-electron chi connectivity index (χ2n) is 23.6. The molecule has 3 aliphatic heterocycles. The highest BCUT2D eigenvalue weighted by atomic mass is 35.5. The first-order chi connectivity index (χ1) is 40.8. The molecule has 0 atom stereocenters. The summed E-state index contributed by atoms with van der Waals surface area (Å²) in [6, 6.07) is 11.7. The third-order valence-corrected chi connectivity index (χ3v) is 15.0. The lowest BCUT2D eigenvalue weighted by Crippen LogP contribution is -2.40. The Bertz CT molecular complexity index is 3060. The monoisotopic (exact) mass is 1250 g/mol. The van der Waals surface area contributed by atoms with E-state index in [2.05, 4.69) is 51.2 Å². The van der Waals surface area contributed by atoms with Gasteiger partial charge in [-0.3, -0.25) is 9.59 Å². The van der Waals surface area contributed by atoms with Gasteiger partial charge in [0, 0.05) is 76.3 Å². The first-order valence-corrected chi connectivity index (χ1v) is 30.1. The third kappa shape index (κ3) is 23.6. The average Bonchev–Trinajstić information content (AvgIpc) is 2.41. The standard InChI is InChI=1S/C20H24FN5O.C15H22ClFN4O2.C11H22N2O2.C10H11NO.C4HCl2FN2/c21-18-12-23-20(25-19(18)26-7-5-13(11-22)6-8-26)24-16-3-1-15-10-17(27)4-2-14(15)9-16;1-15(2,3)23-14(22)19-8-10-4-6-21(7-5-10)12-11(17)9-18-13(16)20-12;1-11(2,3)15-10(14)13-8-9-4-6-12-7-5-9;11-9-3-1-8-6-10(12)4-2-7(8)5-9;5-3-2(7)1-8-4(6)9-3/h1,3,9,12-13H,2,4-8,10-11,22H2,(H,23,24,25);9-10H,4-8H2,1-3H3,(H,19,22);9,12H,4-8H2,1-3H3,(H,13,14);1,3,5H,2,4,6,11H2;1H. The van der Waals surface area contributed by atoms with Crippen molar-refractivity contribution in [1.29, 1.82) is 0 Å². The van der Waals surface area contributed by atoms with Crippen molar-refractivity contribution in [2.24, 2.45) is 23.5 Å². The van der Waals surface area contributed by atoms with Gasteiger partial charge in [-0.05, 0) is 200 Å². The Morgan fingerprint density at radius 1 is 0.616 bits per heavy atom. The minimum Gasteiger partial charge on any atom is -0.444 e. The number of hydrogen-bond donors (Lipinski definition) is 6. The number of nitrogens with two attached hydrogens (primary N) is 2. The molecule has 86 heavy (non-hydrogen) atoms. The van der Waals surface area contributed by atoms with Gasteiger partial charge in [0.2, 0.25) is 16.5 Å². The van der Waals surface area contributed by atoms with Crippen LogP contribution < -0.4 is 42.5 Å². The van der Waals surface area contributed by atoms with Crippen molar-refractivity contribution in [3.8, 4) is 0 Å². The molecule has 6 heterocycles. The predicted octanol–water partition coefficient (Wildman–Crippen LogP) is 10.4. The van der Waals surface area contributed by atoms with Crippen LogP contribution in [0.5, 0.6) is 0 Å². The molecular formula is C60H80Cl3F3N14O6. The van der Waals surface area contributed by atoms with E-state index in [1.165, 1.54) is 17.3 Å². The maximum Gasteiger partial charge on any atom is 0.407 e. The van der Waals surface area contributed by atoms with E-state index in [1.54, 1.807) is 0 Å². The number of rotatable bonds is 9. The lowest BCUT2D eigenvalue weighted by molar-refractivity contribution is -0.119. The van der Waals surface area contributed by atoms with E-state index < -0.39 is 34.7 Å². The van der Waals surface area contributed by atoms with Crippen molar-refractivity contribution < 1.29 is 41.8 Å². The van der Waals surface area contributed by atoms with Gasteiger partial charge in [0.05, 0.1) is 18.6 Å². The molecule has 0 saturated carbocycles. The first kappa shape index (κ1) is 68.5. The maximum atomic E-state index is 14.3. The molecule has 2 aromatic carbocycles. The average molecular weight is 1260 g/mol. The molecule has 2 aliphatic carbocycles. The molecule has 3 aromatic heterocycles. The van der Waals surface area contributed by atoms with E-state index in [0.717, 1.165) is 119 Å². The summed E-state index contributed by atoms with van der Waals surface area (Å²) in [4.78, 5) is 72.2. The van der Waals surface area contributed by atoms with E-state index in [4.69, 9.17) is 55.7 Å². The summed E-state index contributed by atoms with van der Waals surface area (Å²) in [7, 11) is 0. The molecule has 5 aliphatic rings. The zero-order valence-corrected chi connectivity index (χ0v) is 52.0. The number of Topliss-reactive ketones (excluding diaryl/α,β-unsaturated/α-hetero) is 2. The van der Waals surface area contributed by atoms with Crippen molar-refractivity contribution in [2.45, 2.75) is 130 Å². The minimum absolute atomic E-state index is 0.0371. The fraction of sp³-hybridized carbons (Fsp3) is 0.533. The lowest BCUT2D eigenvalue weighted by Gasteiger charge is -2.33. The highest BCUT2D eigenvalue weighted by molar-refractivity contribution is 6.31. The van der Waals surface area contributed by atoms with Crippen LogP contribution in [0.15, 0.2) is 55.0 Å². The fourth-order valence-electron chi connectivity index (χ4n) is 9.86. The van der Waals surface area contributed by atoms with E-state index >= 15 is 0 Å². The summed E-state index contributed by atoms with van der Waals surface area (Å²) in [6.07, 6.45) is 12.3. The van der Waals surface area contributed by atoms with Crippen LogP contribution in [-0.2, 0) is 44.7 Å². The predicted molar refractivity (Wildman–Crippen MR) is 329 cm³/mol. The molecule has 0 bridgehead atoms. The zero-order chi connectivity index (χ0) is 62.6. The van der Waals surface area contributed by atoms with Gasteiger partial charge in [0.25, 0.3) is 0 Å². The van der Waals surface area contributed by atoms with Crippen LogP contribution in [-0.4, -0.2) is 124 Å². The highest BCUT2D eigenvalue weighted by Crippen LogP contribution is 2.29. The molecule has 5 aromatic rings. The number of halogens is 6. The van der Waals surface area contributed by atoms with Gasteiger partial charge >= 0.3 is 12.2 Å². The zero-order valence-electron chi connectivity index (χ0n) is 49.7. The van der Waals surface area contributed by atoms with Crippen LogP contribution in [0.1, 0.15) is 115 Å². The summed E-state index contributed by atoms with van der Waals surface area (Å²) in [5.41, 5.74) is 16.8. The number of anilines is 5. The fourth-order valence-corrected chi connectivity index (χ4v) is 10.3. The Morgan fingerprint density at radius 2 is 1.08 bits per heavy atom. The van der Waals surface area contributed by atoms with Crippen molar-refractivity contribution in [3.63, 3.8) is 0 Å². The number of ketones is 2. The van der Waals surface area contributed by atoms with E-state index in [1.807, 2.05) is 87.7 Å². The molecule has 3 saturated heterocycles. The molecule has 0 radical (unpaired) electrons. The van der Waals surface area contributed by atoms with Crippen molar-refractivity contribution in [1.82, 2.24) is 45.9 Å². The number of nitrogens with one attached hydrogen (secondary N) is 4. The summed E-state index contributed by atoms with van der Waals surface area (Å²) in [5.74, 6) is 1.47. The van der Waals surface area contributed by atoms with Gasteiger partial charge in [-0.15, -0.1) is 0 Å². The van der Waals surface area contributed by atoms with Crippen LogP contribution in [0.2, 0.25) is 15.7 Å². The SMILES string of the molecule is CC(C)(C)OC(=O)NCC1CCN(c2nc(Cl)ncc2F)CC1.CC(C)(C)OC(=O)NCC1CCNCC1.Fc1cnc(Cl)nc1Cl.NCC1CCN(c2nc(Nc3ccc4c(c3)CCC(=O)C4)ncc2F)CC1.Nc1ccc2c(c1)CCC(=O)C2. The highest BCUT2D eigenvalue weighted by Gasteiger charge is 2.26. The van der Waals surface area contributed by atoms with Crippen LogP contribution in [0.25, 0.3) is 0 Å². The topological polar surface area (TPSA) is 271 Å². The number of fused-ring (bicyclic) bond motifs is 2. The number of nitrogen functional groups attached to an aromatic ring is 1. The van der Waals surface area contributed by atoms with Gasteiger partial charge in [0.1, 0.15) is 22.8 Å². The van der Waals surface area contributed by atoms with Crippen LogP contribution in [0.3, 0.4) is 0 Å². The normalized spacial score (nSPS) is 16.4. The number of amides is 2. The van der Waals surface area contributed by atoms with E-state index in [9.17, 15) is 32.3 Å². The number of ether oxygens (including phenoxy) is 2. The van der Waals surface area contributed by atoms with Gasteiger partial charge < -0.3 is 52.0 Å². The molecule has 0 unspecified atom stereocenters. The summed E-state index contributed by atoms with van der Waals surface area (Å²) < 4.78 is 50.6. The van der Waals surface area contributed by atoms with E-state index in [0.29, 0.717) is 87.2 Å². The third-order valence-electron chi connectivity index (χ3n) is 14.4. The Balaban J connectivity index is 0.000000181. The summed E-state index contributed by atoms with van der Waals surface area (Å²) >= 11 is 16.2. The number of alkyl carbamates (subject to hydrolysis) is 2. The quantitative estimate of drug-likeness (QED) is 0.0455. The molecule has 10 rings (SSSR count). The number of hydrogen-bond acceptors (Lipinski definition) is 18. The number of benzene rings is 2. The Kier molecular flexibility index (Phi) is 26.2. The largest absolute Gasteiger partial charge is 0.444 e. The molecular weight excluding hydrogens is 1180 g/mol. The molecule has 2 amide bonds. The molecule has 8 N–H and O–H groups in total. The van der Waals surface area contributed by atoms with Gasteiger partial charge in [-0.25, -0.2) is 42.7 Å². The van der Waals surface area contributed by atoms with Gasteiger partial charge in [-0.1, -0.05) is 23.7 Å². The maximum absolute atomic E-state index is 14.3. The van der Waals surface area contributed by atoms with Crippen LogP contribution >= 0.6 is 34.8 Å². The second kappa shape index (κ2) is 32.9. The van der Waals surface area contributed by atoms with Gasteiger partial charge in [-0.2, -0.15) is 9.97 Å². The number of aromatic nitrogens is 6. The molecule has 20 nitrogen and oxygen atoms in total. The van der Waals surface area contributed by atoms with Gasteiger partial charge in [0.15, 0.2) is 34.2 Å². The van der Waals surface area contributed by atoms with E-state index in [-0.39, 0.29) is 33.4 Å². The lowest BCUT2D eigenvalue weighted by atomic mass is 9.90. The Morgan fingerprint density at radius 3 is 1.59 bits per heavy atom. The number of carbonyl (C=O) groups excluding carboxylic acids is 4. The molecule has 26 heteroatoms. The second-order valence-corrected chi connectivity index (χ2v) is 24.6. The number of piperidine rings is 3. The van der Waals surface area contributed by atoms with Crippen molar-refractivity contribution in [3.05, 3.63) is 110 Å². The Hall–Kier alpha value is -6.66. The molecule has 468 valence electrons. The first-order valence-electron chi connectivity index (χ1n) is 29.0. The molecule has 0 spiro atoms. The number of nitrogens with zero attached hydrogens (tertiary/aromatic N) is 8. The summed E-state index contributed by atoms with van der Waals surface area (Å²) in [5, 5.41) is 11.8. The minimum atomic E-state index is -0.666. The smallest absolute Gasteiger partial charge is 0.407 e.